The highest BCUT2D eigenvalue weighted by Crippen LogP contribution is 2.31. The van der Waals surface area contributed by atoms with Gasteiger partial charge in [-0.2, -0.15) is 0 Å². The van der Waals surface area contributed by atoms with E-state index in [1.807, 2.05) is 12.2 Å². The summed E-state index contributed by atoms with van der Waals surface area (Å²) in [7, 11) is 0. The third-order valence-electron chi connectivity index (χ3n) is 6.57. The summed E-state index contributed by atoms with van der Waals surface area (Å²) in [5, 5.41) is 31.8. The Kier molecular flexibility index (Phi) is 15.7. The van der Waals surface area contributed by atoms with Gasteiger partial charge in [-0.15, -0.1) is 0 Å². The molecule has 0 saturated carbocycles. The third kappa shape index (κ3) is 8.93. The molecular weight excluding hydrogens is 410 g/mol. The third-order valence-corrected chi connectivity index (χ3v) is 6.57. The number of hydrogen-bond acceptors (Lipinski definition) is 4. The molecule has 186 valence electrons. The van der Waals surface area contributed by atoms with Crippen molar-refractivity contribution >= 4 is 17.9 Å². The van der Waals surface area contributed by atoms with Gasteiger partial charge in [0.2, 0.25) is 0 Å². The SMILES string of the molecule is CCCCCCCCC/C=C/CC[N+](C(CC)C(=O)[O-])(C(CC)C(=O)O)C(CC)C(=O)O. The van der Waals surface area contributed by atoms with Crippen LogP contribution in [0, 0.1) is 0 Å². The molecular formula is C25H45NO6. The predicted molar refractivity (Wildman–Crippen MR) is 124 cm³/mol. The zero-order chi connectivity index (χ0) is 24.6. The fourth-order valence-electron chi connectivity index (χ4n) is 5.02. The van der Waals surface area contributed by atoms with Crippen LogP contribution in [0.2, 0.25) is 0 Å². The monoisotopic (exact) mass is 455 g/mol. The molecule has 0 aromatic heterocycles. The van der Waals surface area contributed by atoms with Crippen molar-refractivity contribution in [1.82, 2.24) is 0 Å². The van der Waals surface area contributed by atoms with Crippen LogP contribution in [0.1, 0.15) is 105 Å². The Balaban J connectivity index is 5.46. The maximum absolute atomic E-state index is 12.1. The molecule has 0 aliphatic rings. The first-order valence-electron chi connectivity index (χ1n) is 12.4. The molecule has 0 rings (SSSR count). The van der Waals surface area contributed by atoms with Crippen molar-refractivity contribution in [3.05, 3.63) is 12.2 Å². The molecule has 3 unspecified atom stereocenters. The van der Waals surface area contributed by atoms with Crippen molar-refractivity contribution in [2.45, 2.75) is 123 Å². The first kappa shape index (κ1) is 30.1. The van der Waals surface area contributed by atoms with Crippen molar-refractivity contribution in [2.24, 2.45) is 0 Å². The standard InChI is InChI=1S/C25H45NO6/c1-5-9-10-11-12-13-14-15-16-17-18-19-26(20(6-2)23(27)28,21(7-3)24(29)30)22(8-4)25(31)32/h16-17,20-22H,5-15,18-19H2,1-4H3,(H2-,27,28,29,30,31,32)/b17-16+. The van der Waals surface area contributed by atoms with Crippen LogP contribution in [-0.2, 0) is 14.4 Å². The number of rotatable bonds is 20. The smallest absolute Gasteiger partial charge is 0.362 e. The van der Waals surface area contributed by atoms with Crippen LogP contribution >= 0.6 is 0 Å². The van der Waals surface area contributed by atoms with E-state index < -0.39 is 40.5 Å². The van der Waals surface area contributed by atoms with Gasteiger partial charge in [0.15, 0.2) is 12.1 Å². The number of aliphatic carboxylic acids is 3. The number of carboxylic acids is 3. The first-order chi connectivity index (χ1) is 15.2. The highest BCUT2D eigenvalue weighted by atomic mass is 16.4. The molecule has 0 heterocycles. The Labute approximate surface area is 194 Å². The van der Waals surface area contributed by atoms with Gasteiger partial charge in [-0.1, -0.05) is 78.4 Å². The predicted octanol–water partition coefficient (Wildman–Crippen LogP) is 4.15. The average molecular weight is 456 g/mol. The maximum Gasteiger partial charge on any atom is 0.362 e. The second-order valence-electron chi connectivity index (χ2n) is 8.66. The second-order valence-corrected chi connectivity index (χ2v) is 8.66. The van der Waals surface area contributed by atoms with Crippen molar-refractivity contribution < 1.29 is 34.2 Å². The van der Waals surface area contributed by atoms with E-state index in [2.05, 4.69) is 6.92 Å². The molecule has 3 atom stereocenters. The van der Waals surface area contributed by atoms with Gasteiger partial charge >= 0.3 is 11.9 Å². The number of carboxylic acid groups (broad SMARTS) is 3. The minimum atomic E-state index is -1.39. The van der Waals surface area contributed by atoms with Gasteiger partial charge in [-0.05, 0) is 12.8 Å². The van der Waals surface area contributed by atoms with Crippen LogP contribution in [0.25, 0.3) is 0 Å². The fraction of sp³-hybridized carbons (Fsp3) is 0.800. The normalized spacial score (nSPS) is 16.4. The Bertz CT molecular complexity index is 534. The lowest BCUT2D eigenvalue weighted by Crippen LogP contribution is -2.73. The zero-order valence-corrected chi connectivity index (χ0v) is 20.6. The lowest BCUT2D eigenvalue weighted by Gasteiger charge is -2.51. The molecule has 2 N–H and O–H groups in total. The number of quaternary nitrogens is 1. The number of carbonyl (C=O) groups is 3. The Morgan fingerprint density at radius 1 is 0.719 bits per heavy atom. The van der Waals surface area contributed by atoms with E-state index in [0.717, 1.165) is 12.8 Å². The fourth-order valence-corrected chi connectivity index (χ4v) is 5.02. The van der Waals surface area contributed by atoms with Crippen molar-refractivity contribution in [1.29, 1.82) is 0 Å². The first-order valence-corrected chi connectivity index (χ1v) is 12.4. The molecule has 0 aliphatic carbocycles. The van der Waals surface area contributed by atoms with Gasteiger partial charge in [0.25, 0.3) is 0 Å². The lowest BCUT2D eigenvalue weighted by molar-refractivity contribution is -0.974. The van der Waals surface area contributed by atoms with E-state index in [4.69, 9.17) is 0 Å². The van der Waals surface area contributed by atoms with E-state index in [1.54, 1.807) is 20.8 Å². The molecule has 7 heteroatoms. The van der Waals surface area contributed by atoms with Gasteiger partial charge in [0.05, 0.1) is 12.5 Å². The summed E-state index contributed by atoms with van der Waals surface area (Å²) in [5.41, 5.74) is 0. The number of nitrogens with zero attached hydrogens (tertiary/aromatic N) is 1. The second kappa shape index (κ2) is 16.7. The molecule has 32 heavy (non-hydrogen) atoms. The Hall–Kier alpha value is -1.89. The minimum Gasteiger partial charge on any atom is -0.544 e. The molecule has 0 radical (unpaired) electrons. The largest absolute Gasteiger partial charge is 0.544 e. The summed E-state index contributed by atoms with van der Waals surface area (Å²) in [5.74, 6) is -3.73. The van der Waals surface area contributed by atoms with Gasteiger partial charge in [-0.25, -0.2) is 9.59 Å². The highest BCUT2D eigenvalue weighted by molar-refractivity contribution is 5.77. The molecule has 0 aromatic rings. The minimum absolute atomic E-state index is 0.109. The molecule has 0 fully saturated rings. The van der Waals surface area contributed by atoms with Gasteiger partial charge in [-0.3, -0.25) is 4.48 Å². The summed E-state index contributed by atoms with van der Waals surface area (Å²) >= 11 is 0. The lowest BCUT2D eigenvalue weighted by atomic mass is 9.94. The Morgan fingerprint density at radius 2 is 1.16 bits per heavy atom. The molecule has 0 spiro atoms. The number of carbonyl (C=O) groups excluding carboxylic acids is 1. The highest BCUT2D eigenvalue weighted by Gasteiger charge is 2.53. The van der Waals surface area contributed by atoms with Crippen LogP contribution in [0.5, 0.6) is 0 Å². The van der Waals surface area contributed by atoms with Crippen LogP contribution in [0.15, 0.2) is 12.2 Å². The number of hydrogen-bond donors (Lipinski definition) is 2. The summed E-state index contributed by atoms with van der Waals surface area (Å²) in [6.07, 6.45) is 14.3. The summed E-state index contributed by atoms with van der Waals surface area (Å²) in [6, 6.07) is -3.46. The molecule has 7 nitrogen and oxygen atoms in total. The van der Waals surface area contributed by atoms with E-state index in [9.17, 15) is 29.7 Å². The Morgan fingerprint density at radius 3 is 1.56 bits per heavy atom. The van der Waals surface area contributed by atoms with Crippen LogP contribution < -0.4 is 5.11 Å². The van der Waals surface area contributed by atoms with Crippen molar-refractivity contribution in [3.8, 4) is 0 Å². The van der Waals surface area contributed by atoms with Crippen LogP contribution in [0.3, 0.4) is 0 Å². The van der Waals surface area contributed by atoms with Gasteiger partial charge < -0.3 is 20.1 Å². The number of unbranched alkanes of at least 4 members (excludes halogenated alkanes) is 7. The zero-order valence-electron chi connectivity index (χ0n) is 20.6. The molecule has 0 aliphatic heterocycles. The summed E-state index contributed by atoms with van der Waals surface area (Å²) < 4.78 is -0.516. The van der Waals surface area contributed by atoms with Crippen molar-refractivity contribution in [2.75, 3.05) is 6.54 Å². The van der Waals surface area contributed by atoms with Crippen LogP contribution in [0.4, 0.5) is 0 Å². The topological polar surface area (TPSA) is 115 Å². The number of allylic oxidation sites excluding steroid dienone is 1. The molecule has 0 amide bonds. The van der Waals surface area contributed by atoms with Crippen LogP contribution in [-0.4, -0.2) is 57.3 Å². The quantitative estimate of drug-likeness (QED) is 0.162. The average Bonchev–Trinajstić information content (AvgIpc) is 2.72. The van der Waals surface area contributed by atoms with Gasteiger partial charge in [0.1, 0.15) is 6.04 Å². The molecule has 0 bridgehead atoms. The summed E-state index contributed by atoms with van der Waals surface area (Å²) in [4.78, 5) is 36.3. The van der Waals surface area contributed by atoms with E-state index >= 15 is 0 Å². The molecule has 0 aromatic carbocycles. The summed E-state index contributed by atoms with van der Waals surface area (Å²) in [6.45, 7) is 7.31. The molecule has 0 saturated heterocycles. The van der Waals surface area contributed by atoms with E-state index in [-0.39, 0.29) is 25.8 Å². The van der Waals surface area contributed by atoms with E-state index in [0.29, 0.717) is 6.42 Å². The van der Waals surface area contributed by atoms with Gasteiger partial charge in [0, 0.05) is 25.7 Å². The maximum atomic E-state index is 12.1. The van der Waals surface area contributed by atoms with E-state index in [1.165, 1.54) is 38.5 Å². The van der Waals surface area contributed by atoms with Crippen molar-refractivity contribution in [3.63, 3.8) is 0 Å².